The van der Waals surface area contributed by atoms with Crippen molar-refractivity contribution in [3.63, 3.8) is 0 Å². The molecule has 6 heteroatoms. The predicted molar refractivity (Wildman–Crippen MR) is 362 cm³/mol. The van der Waals surface area contributed by atoms with Gasteiger partial charge in [-0.1, -0.05) is 338 Å². The summed E-state index contributed by atoms with van der Waals surface area (Å²) in [4.78, 5) is 38.5. The lowest BCUT2D eigenvalue weighted by Crippen LogP contribution is -2.30. The van der Waals surface area contributed by atoms with Crippen molar-refractivity contribution in [3.05, 3.63) is 72.9 Å². The fraction of sp³-hybridized carbons (Fsp3) is 0.805. The SMILES string of the molecule is CCCCCCC/C=C\C/C=C\C/C=C\CCCCCCCCCCCCC(=O)OCC(COC(=O)CCCCCCCCCCCCCCCCC)OC(=O)CCCCCCCCCCCC/C=C\C/C=C\C/C=C\CCCCCCC. The van der Waals surface area contributed by atoms with Crippen molar-refractivity contribution in [2.24, 2.45) is 0 Å². The lowest BCUT2D eigenvalue weighted by Gasteiger charge is -2.18. The van der Waals surface area contributed by atoms with Crippen LogP contribution in [0.5, 0.6) is 0 Å². The predicted octanol–water partition coefficient (Wildman–Crippen LogP) is 25.2. The number of hydrogen-bond acceptors (Lipinski definition) is 6. The molecule has 1 unspecified atom stereocenters. The van der Waals surface area contributed by atoms with Gasteiger partial charge in [-0.25, -0.2) is 0 Å². The second-order valence-electron chi connectivity index (χ2n) is 24.5. The van der Waals surface area contributed by atoms with Crippen LogP contribution in [0.4, 0.5) is 0 Å². The van der Waals surface area contributed by atoms with Gasteiger partial charge in [0.25, 0.3) is 0 Å². The molecule has 0 saturated carbocycles. The number of hydrogen-bond donors (Lipinski definition) is 0. The first-order valence-corrected chi connectivity index (χ1v) is 36.4. The Balaban J connectivity index is 4.32. The van der Waals surface area contributed by atoms with E-state index in [-0.39, 0.29) is 31.1 Å². The monoisotopic (exact) mass is 1160 g/mol. The van der Waals surface area contributed by atoms with E-state index in [0.717, 1.165) is 83.5 Å². The zero-order valence-corrected chi connectivity index (χ0v) is 55.5. The highest BCUT2D eigenvalue weighted by molar-refractivity contribution is 5.71. The molecule has 0 saturated heterocycles. The summed E-state index contributed by atoms with van der Waals surface area (Å²) in [6.07, 6.45) is 93.5. The van der Waals surface area contributed by atoms with E-state index < -0.39 is 6.10 Å². The third-order valence-electron chi connectivity index (χ3n) is 16.2. The number of carbonyl (C=O) groups excluding carboxylic acids is 3. The Kier molecular flexibility index (Phi) is 68.6. The van der Waals surface area contributed by atoms with Crippen molar-refractivity contribution in [2.75, 3.05) is 13.2 Å². The first-order valence-electron chi connectivity index (χ1n) is 36.4. The molecule has 0 aliphatic carbocycles. The van der Waals surface area contributed by atoms with Crippen molar-refractivity contribution in [1.29, 1.82) is 0 Å². The van der Waals surface area contributed by atoms with E-state index in [2.05, 4.69) is 93.7 Å². The molecule has 0 aromatic carbocycles. The second-order valence-corrected chi connectivity index (χ2v) is 24.5. The van der Waals surface area contributed by atoms with Crippen molar-refractivity contribution in [2.45, 2.75) is 386 Å². The van der Waals surface area contributed by atoms with Crippen LogP contribution in [0.15, 0.2) is 72.9 Å². The minimum absolute atomic E-state index is 0.0742. The number of esters is 3. The second kappa shape index (κ2) is 71.3. The number of allylic oxidation sites excluding steroid dienone is 12. The van der Waals surface area contributed by atoms with Crippen molar-refractivity contribution in [3.8, 4) is 0 Å². The molecule has 0 heterocycles. The molecule has 0 spiro atoms. The standard InChI is InChI=1S/C77H138O6/c1-4-7-10-13-16-19-22-25-28-30-32-34-36-38-40-42-44-46-49-52-55-58-61-64-67-70-76(79)82-73-74(72-81-75(78)69-66-63-60-57-54-51-48-27-24-21-18-15-12-9-6-3)83-77(80)71-68-65-62-59-56-53-50-47-45-43-41-39-37-35-33-31-29-26-23-20-17-14-11-8-5-2/h22-23,25-26,30-33,36-39,74H,4-21,24,27-29,34-35,40-73H2,1-3H3/b25-22-,26-23-,32-30-,33-31-,38-36-,39-37-. The quantitative estimate of drug-likeness (QED) is 0.0261. The van der Waals surface area contributed by atoms with Gasteiger partial charge in [0.2, 0.25) is 0 Å². The summed E-state index contributed by atoms with van der Waals surface area (Å²) in [6.45, 7) is 6.67. The Labute approximate surface area is 516 Å². The fourth-order valence-corrected chi connectivity index (χ4v) is 10.7. The molecule has 0 aromatic rings. The lowest BCUT2D eigenvalue weighted by molar-refractivity contribution is -0.167. The Morgan fingerprint density at radius 2 is 0.434 bits per heavy atom. The molecule has 482 valence electrons. The maximum absolute atomic E-state index is 13.0. The van der Waals surface area contributed by atoms with E-state index in [1.807, 2.05) is 0 Å². The Morgan fingerprint density at radius 1 is 0.241 bits per heavy atom. The van der Waals surface area contributed by atoms with Gasteiger partial charge >= 0.3 is 17.9 Å². The van der Waals surface area contributed by atoms with Crippen molar-refractivity contribution >= 4 is 17.9 Å². The molecule has 6 nitrogen and oxygen atoms in total. The molecule has 83 heavy (non-hydrogen) atoms. The first kappa shape index (κ1) is 79.8. The molecule has 0 aliphatic heterocycles. The van der Waals surface area contributed by atoms with E-state index in [9.17, 15) is 14.4 Å². The minimum atomic E-state index is -0.780. The van der Waals surface area contributed by atoms with Gasteiger partial charge in [-0.15, -0.1) is 0 Å². The van der Waals surface area contributed by atoms with Crippen LogP contribution in [0.1, 0.15) is 380 Å². The van der Waals surface area contributed by atoms with Crippen LogP contribution in [-0.4, -0.2) is 37.2 Å². The lowest BCUT2D eigenvalue weighted by atomic mass is 10.0. The van der Waals surface area contributed by atoms with Gasteiger partial charge in [0, 0.05) is 19.3 Å². The number of ether oxygens (including phenoxy) is 3. The Bertz CT molecular complexity index is 1520. The summed E-state index contributed by atoms with van der Waals surface area (Å²) in [7, 11) is 0. The first-order chi connectivity index (χ1) is 41.0. The van der Waals surface area contributed by atoms with E-state index in [4.69, 9.17) is 14.2 Å². The summed E-state index contributed by atoms with van der Waals surface area (Å²) in [5.74, 6) is -0.859. The third-order valence-corrected chi connectivity index (χ3v) is 16.2. The van der Waals surface area contributed by atoms with Crippen LogP contribution in [0.3, 0.4) is 0 Å². The molecule has 1 atom stereocenters. The van der Waals surface area contributed by atoms with E-state index >= 15 is 0 Å². The van der Waals surface area contributed by atoms with E-state index in [1.54, 1.807) is 0 Å². The molecular weight excluding hydrogens is 1020 g/mol. The van der Waals surface area contributed by atoms with Crippen LogP contribution in [0.2, 0.25) is 0 Å². The number of carbonyl (C=O) groups is 3. The average Bonchev–Trinajstić information content (AvgIpc) is 3.49. The molecular formula is C77H138O6. The van der Waals surface area contributed by atoms with E-state index in [1.165, 1.54) is 257 Å². The highest BCUT2D eigenvalue weighted by Gasteiger charge is 2.19. The highest BCUT2D eigenvalue weighted by atomic mass is 16.6. The van der Waals surface area contributed by atoms with Crippen LogP contribution in [-0.2, 0) is 28.6 Å². The molecule has 0 amide bonds. The summed E-state index contributed by atoms with van der Waals surface area (Å²) >= 11 is 0. The summed E-state index contributed by atoms with van der Waals surface area (Å²) in [5.41, 5.74) is 0. The topological polar surface area (TPSA) is 78.9 Å². The maximum atomic E-state index is 13.0. The van der Waals surface area contributed by atoms with E-state index in [0.29, 0.717) is 19.3 Å². The maximum Gasteiger partial charge on any atom is 0.306 e. The molecule has 0 aliphatic rings. The number of unbranched alkanes of at least 4 members (excludes halogenated alkanes) is 44. The highest BCUT2D eigenvalue weighted by Crippen LogP contribution is 2.18. The molecule has 0 radical (unpaired) electrons. The number of rotatable bonds is 67. The van der Waals surface area contributed by atoms with Crippen molar-refractivity contribution < 1.29 is 28.6 Å². The molecule has 0 bridgehead atoms. The van der Waals surface area contributed by atoms with Crippen LogP contribution < -0.4 is 0 Å². The summed E-state index contributed by atoms with van der Waals surface area (Å²) in [6, 6.07) is 0. The Morgan fingerprint density at radius 3 is 0.675 bits per heavy atom. The van der Waals surface area contributed by atoms with Gasteiger partial charge in [-0.2, -0.15) is 0 Å². The normalized spacial score (nSPS) is 12.5. The zero-order chi connectivity index (χ0) is 59.9. The van der Waals surface area contributed by atoms with Crippen LogP contribution >= 0.6 is 0 Å². The fourth-order valence-electron chi connectivity index (χ4n) is 10.7. The van der Waals surface area contributed by atoms with Gasteiger partial charge in [-0.3, -0.25) is 14.4 Å². The third kappa shape index (κ3) is 69.5. The average molecular weight is 1160 g/mol. The molecule has 0 N–H and O–H groups in total. The van der Waals surface area contributed by atoms with Gasteiger partial charge in [-0.05, 0) is 96.3 Å². The van der Waals surface area contributed by atoms with Crippen molar-refractivity contribution in [1.82, 2.24) is 0 Å². The molecule has 0 aromatic heterocycles. The summed E-state index contributed by atoms with van der Waals surface area (Å²) < 4.78 is 17.0. The minimum Gasteiger partial charge on any atom is -0.462 e. The summed E-state index contributed by atoms with van der Waals surface area (Å²) in [5, 5.41) is 0. The van der Waals surface area contributed by atoms with Gasteiger partial charge < -0.3 is 14.2 Å². The smallest absolute Gasteiger partial charge is 0.306 e. The van der Waals surface area contributed by atoms with Gasteiger partial charge in [0.05, 0.1) is 0 Å². The largest absolute Gasteiger partial charge is 0.462 e. The molecule has 0 rings (SSSR count). The van der Waals surface area contributed by atoms with Crippen LogP contribution in [0.25, 0.3) is 0 Å². The Hall–Kier alpha value is -3.15. The van der Waals surface area contributed by atoms with Gasteiger partial charge in [0.15, 0.2) is 6.10 Å². The van der Waals surface area contributed by atoms with Crippen LogP contribution in [0, 0.1) is 0 Å². The van der Waals surface area contributed by atoms with Gasteiger partial charge in [0.1, 0.15) is 13.2 Å². The zero-order valence-electron chi connectivity index (χ0n) is 55.5. The molecule has 0 fully saturated rings.